The molecule has 3 amide bonds. The smallest absolute Gasteiger partial charge is 0.318 e. The van der Waals surface area contributed by atoms with Crippen molar-refractivity contribution in [1.29, 1.82) is 0 Å². The van der Waals surface area contributed by atoms with Gasteiger partial charge in [-0.15, -0.1) is 0 Å². The number of nitrogens with zero attached hydrogens (tertiary/aromatic N) is 2. The number of thioether (sulfide) groups is 1. The summed E-state index contributed by atoms with van der Waals surface area (Å²) in [6, 6.07) is 7.36. The van der Waals surface area contributed by atoms with Crippen molar-refractivity contribution in [3.05, 3.63) is 42.2 Å². The molecule has 3 N–H and O–H groups in total. The Bertz CT molecular complexity index is 694. The summed E-state index contributed by atoms with van der Waals surface area (Å²) in [5, 5.41) is 2.26. The lowest BCUT2D eigenvalue weighted by atomic mass is 10.0. The van der Waals surface area contributed by atoms with E-state index in [9.17, 15) is 9.59 Å². The summed E-state index contributed by atoms with van der Waals surface area (Å²) >= 11 is 1.26. The maximum absolute atomic E-state index is 11.8. The molecular formula is C16H20N4O2S. The van der Waals surface area contributed by atoms with Crippen molar-refractivity contribution in [2.24, 2.45) is 5.73 Å². The molecule has 0 aliphatic heterocycles. The maximum atomic E-state index is 11.8. The summed E-state index contributed by atoms with van der Waals surface area (Å²) in [7, 11) is 0. The average Bonchev–Trinajstić information content (AvgIpc) is 2.94. The van der Waals surface area contributed by atoms with Crippen LogP contribution in [0.25, 0.3) is 5.69 Å². The number of benzene rings is 1. The Balaban J connectivity index is 2.16. The predicted octanol–water partition coefficient (Wildman–Crippen LogP) is 2.67. The number of imide groups is 1. The van der Waals surface area contributed by atoms with E-state index in [-0.39, 0.29) is 0 Å². The quantitative estimate of drug-likeness (QED) is 0.824. The Morgan fingerprint density at radius 1 is 1.22 bits per heavy atom. The van der Waals surface area contributed by atoms with Gasteiger partial charge in [-0.1, -0.05) is 37.7 Å². The molecule has 122 valence electrons. The fourth-order valence-corrected chi connectivity index (χ4v) is 2.91. The van der Waals surface area contributed by atoms with Crippen LogP contribution in [0.15, 0.2) is 41.8 Å². The van der Waals surface area contributed by atoms with Gasteiger partial charge in [0, 0.05) is 18.1 Å². The highest BCUT2D eigenvalue weighted by Crippen LogP contribution is 2.25. The molecule has 0 spiro atoms. The van der Waals surface area contributed by atoms with Gasteiger partial charge in [0.1, 0.15) is 0 Å². The first kappa shape index (κ1) is 17.1. The number of amides is 3. The maximum Gasteiger partial charge on any atom is 0.318 e. The number of primary amides is 1. The molecule has 2 rings (SSSR count). The lowest BCUT2D eigenvalue weighted by molar-refractivity contribution is -0.119. The second-order valence-electron chi connectivity index (χ2n) is 5.44. The molecule has 1 aromatic carbocycles. The number of urea groups is 1. The van der Waals surface area contributed by atoms with Crippen molar-refractivity contribution in [1.82, 2.24) is 14.9 Å². The second kappa shape index (κ2) is 7.32. The Morgan fingerprint density at radius 2 is 1.87 bits per heavy atom. The molecule has 1 unspecified atom stereocenters. The zero-order valence-electron chi connectivity index (χ0n) is 13.3. The van der Waals surface area contributed by atoms with Crippen LogP contribution >= 0.6 is 11.8 Å². The highest BCUT2D eigenvalue weighted by molar-refractivity contribution is 8.00. The molecular weight excluding hydrogens is 312 g/mol. The summed E-state index contributed by atoms with van der Waals surface area (Å²) in [6.07, 6.45) is 3.52. The van der Waals surface area contributed by atoms with Crippen molar-refractivity contribution in [3.8, 4) is 5.69 Å². The summed E-state index contributed by atoms with van der Waals surface area (Å²) < 4.78 is 1.91. The first-order valence-electron chi connectivity index (χ1n) is 7.29. The number of carbonyl (C=O) groups is 2. The van der Waals surface area contributed by atoms with Gasteiger partial charge in [0.25, 0.3) is 0 Å². The first-order valence-corrected chi connectivity index (χ1v) is 8.17. The predicted molar refractivity (Wildman–Crippen MR) is 90.7 cm³/mol. The zero-order valence-corrected chi connectivity index (χ0v) is 14.1. The fraction of sp³-hybridized carbons (Fsp3) is 0.312. The van der Waals surface area contributed by atoms with Crippen LogP contribution in [0.4, 0.5) is 4.79 Å². The Kier molecular flexibility index (Phi) is 5.44. The first-order chi connectivity index (χ1) is 10.9. The van der Waals surface area contributed by atoms with Crippen LogP contribution in [0.1, 0.15) is 32.3 Å². The summed E-state index contributed by atoms with van der Waals surface area (Å²) in [6.45, 7) is 5.99. The van der Waals surface area contributed by atoms with E-state index < -0.39 is 17.2 Å². The van der Waals surface area contributed by atoms with Crippen molar-refractivity contribution < 1.29 is 9.59 Å². The standard InChI is InChI=1S/C16H20N4O2S/c1-10(2)12-4-6-13(7-5-12)20-9-8-18-16(20)23-11(3)14(21)19-15(17)22/h4-11H,1-3H3,(H3,17,19,21,22). The van der Waals surface area contributed by atoms with Crippen LogP contribution in [-0.4, -0.2) is 26.7 Å². The van der Waals surface area contributed by atoms with Crippen molar-refractivity contribution >= 4 is 23.7 Å². The fourth-order valence-electron chi connectivity index (χ4n) is 2.03. The highest BCUT2D eigenvalue weighted by Gasteiger charge is 2.18. The molecule has 23 heavy (non-hydrogen) atoms. The zero-order chi connectivity index (χ0) is 17.0. The normalized spacial score (nSPS) is 12.2. The molecule has 1 heterocycles. The molecule has 1 atom stereocenters. The largest absolute Gasteiger partial charge is 0.351 e. The molecule has 7 heteroatoms. The summed E-state index contributed by atoms with van der Waals surface area (Å²) in [5.41, 5.74) is 7.19. The van der Waals surface area contributed by atoms with E-state index in [1.165, 1.54) is 17.3 Å². The van der Waals surface area contributed by atoms with E-state index in [1.54, 1.807) is 13.1 Å². The minimum atomic E-state index is -0.852. The van der Waals surface area contributed by atoms with Gasteiger partial charge in [0.05, 0.1) is 5.25 Å². The lowest BCUT2D eigenvalue weighted by Gasteiger charge is -2.12. The van der Waals surface area contributed by atoms with Crippen LogP contribution in [0, 0.1) is 0 Å². The molecule has 1 aromatic heterocycles. The molecule has 0 saturated carbocycles. The van der Waals surface area contributed by atoms with E-state index in [0.717, 1.165) is 5.69 Å². The lowest BCUT2D eigenvalue weighted by Crippen LogP contribution is -2.39. The monoisotopic (exact) mass is 332 g/mol. The SMILES string of the molecule is CC(Sc1nccn1-c1ccc(C(C)C)cc1)C(=O)NC(N)=O. The Labute approximate surface area is 139 Å². The third-order valence-corrected chi connectivity index (χ3v) is 4.42. The third kappa shape index (κ3) is 4.35. The minimum Gasteiger partial charge on any atom is -0.351 e. The van der Waals surface area contributed by atoms with E-state index >= 15 is 0 Å². The highest BCUT2D eigenvalue weighted by atomic mass is 32.2. The van der Waals surface area contributed by atoms with Crippen LogP contribution in [0.2, 0.25) is 0 Å². The number of hydrogen-bond acceptors (Lipinski definition) is 4. The van der Waals surface area contributed by atoms with Crippen LogP contribution in [0.3, 0.4) is 0 Å². The molecule has 0 saturated heterocycles. The van der Waals surface area contributed by atoms with E-state index in [0.29, 0.717) is 11.1 Å². The van der Waals surface area contributed by atoms with Crippen molar-refractivity contribution in [2.75, 3.05) is 0 Å². The molecule has 2 aromatic rings. The van der Waals surface area contributed by atoms with Gasteiger partial charge in [0.15, 0.2) is 5.16 Å². The number of aromatic nitrogens is 2. The van der Waals surface area contributed by atoms with E-state index in [1.807, 2.05) is 22.9 Å². The van der Waals surface area contributed by atoms with Gasteiger partial charge in [-0.05, 0) is 30.5 Å². The molecule has 6 nitrogen and oxygen atoms in total. The molecule has 0 bridgehead atoms. The Hall–Kier alpha value is -2.28. The van der Waals surface area contributed by atoms with Crippen LogP contribution in [0.5, 0.6) is 0 Å². The van der Waals surface area contributed by atoms with Crippen LogP contribution < -0.4 is 11.1 Å². The number of imidazole rings is 1. The molecule has 0 radical (unpaired) electrons. The number of carbonyl (C=O) groups excluding carboxylic acids is 2. The number of nitrogens with one attached hydrogen (secondary N) is 1. The van der Waals surface area contributed by atoms with E-state index in [4.69, 9.17) is 5.73 Å². The van der Waals surface area contributed by atoms with Gasteiger partial charge in [-0.25, -0.2) is 9.78 Å². The average molecular weight is 332 g/mol. The second-order valence-corrected chi connectivity index (χ2v) is 6.75. The van der Waals surface area contributed by atoms with Gasteiger partial charge >= 0.3 is 6.03 Å². The molecule has 0 fully saturated rings. The third-order valence-electron chi connectivity index (χ3n) is 3.34. The van der Waals surface area contributed by atoms with Crippen molar-refractivity contribution in [2.45, 2.75) is 37.1 Å². The summed E-state index contributed by atoms with van der Waals surface area (Å²) in [5.74, 6) is 0.0328. The topological polar surface area (TPSA) is 90.0 Å². The van der Waals surface area contributed by atoms with Gasteiger partial charge in [-0.3, -0.25) is 14.7 Å². The van der Waals surface area contributed by atoms with Crippen LogP contribution in [-0.2, 0) is 4.79 Å². The summed E-state index contributed by atoms with van der Waals surface area (Å²) in [4.78, 5) is 26.8. The number of nitrogens with two attached hydrogens (primary N) is 1. The van der Waals surface area contributed by atoms with Gasteiger partial charge in [0.2, 0.25) is 5.91 Å². The van der Waals surface area contributed by atoms with Gasteiger partial charge in [-0.2, -0.15) is 0 Å². The molecule has 0 aliphatic carbocycles. The molecule has 0 aliphatic rings. The Morgan fingerprint density at radius 3 is 2.43 bits per heavy atom. The van der Waals surface area contributed by atoms with Crippen molar-refractivity contribution in [3.63, 3.8) is 0 Å². The minimum absolute atomic E-state index is 0.438. The number of hydrogen-bond donors (Lipinski definition) is 2. The van der Waals surface area contributed by atoms with Gasteiger partial charge < -0.3 is 5.73 Å². The van der Waals surface area contributed by atoms with E-state index in [2.05, 4.69) is 36.3 Å². The number of rotatable bonds is 5.